The lowest BCUT2D eigenvalue weighted by Gasteiger charge is -2.32. The summed E-state index contributed by atoms with van der Waals surface area (Å²) >= 11 is 0. The minimum absolute atomic E-state index is 0.0112. The molecule has 0 saturated heterocycles. The fourth-order valence-corrected chi connectivity index (χ4v) is 14.4. The number of hydrogen-bond donors (Lipinski definition) is 23. The number of aromatic amines is 1. The topological polar surface area (TPSA) is 688 Å². The van der Waals surface area contributed by atoms with Crippen LogP contribution in [0.5, 0.6) is 0 Å². The molecule has 19 atom stereocenters. The summed E-state index contributed by atoms with van der Waals surface area (Å²) in [4.78, 5) is 273. The summed E-state index contributed by atoms with van der Waals surface area (Å²) in [5.74, 6) is -23.0. The number of rotatable bonds is 63. The summed E-state index contributed by atoms with van der Waals surface area (Å²) < 4.78 is 0. The molecule has 752 valence electrons. The van der Waals surface area contributed by atoms with Gasteiger partial charge in [-0.3, -0.25) is 91.7 Å². The zero-order valence-corrected chi connectivity index (χ0v) is 80.8. The number of amides is 17. The van der Waals surface area contributed by atoms with Gasteiger partial charge in [0.2, 0.25) is 100 Å². The number of imidazole rings is 1. The average Bonchev–Trinajstić information content (AvgIpc) is 1.19. The van der Waals surface area contributed by atoms with E-state index in [2.05, 4.69) is 95.0 Å². The maximum Gasteiger partial charge on any atom is 0.326 e. The van der Waals surface area contributed by atoms with E-state index in [0.717, 1.165) is 0 Å². The Morgan fingerprint density at radius 3 is 1.10 bits per heavy atom. The largest absolute Gasteiger partial charge is 0.481 e. The van der Waals surface area contributed by atoms with Gasteiger partial charge in [-0.25, -0.2) is 9.78 Å². The van der Waals surface area contributed by atoms with Crippen molar-refractivity contribution in [2.45, 2.75) is 317 Å². The first kappa shape index (κ1) is 116. The van der Waals surface area contributed by atoms with Gasteiger partial charge in [-0.05, 0) is 111 Å². The van der Waals surface area contributed by atoms with Crippen molar-refractivity contribution in [1.82, 2.24) is 95.0 Å². The number of aliphatic carboxylic acids is 2. The van der Waals surface area contributed by atoms with Gasteiger partial charge in [-0.2, -0.15) is 0 Å². The van der Waals surface area contributed by atoms with Crippen molar-refractivity contribution in [1.29, 1.82) is 5.41 Å². The number of guanidine groups is 1. The highest BCUT2D eigenvalue weighted by Gasteiger charge is 2.42. The predicted octanol–water partition coefficient (Wildman–Crippen LogP) is -0.0486. The summed E-state index contributed by atoms with van der Waals surface area (Å²) in [7, 11) is 0. The Labute approximate surface area is 789 Å². The Morgan fingerprint density at radius 2 is 0.719 bits per heavy atom. The molecule has 1 aromatic heterocycles. The Morgan fingerprint density at radius 1 is 0.385 bits per heavy atom. The molecule has 0 fully saturated rings. The Hall–Kier alpha value is -12.9. The number of nitrogens with two attached hydrogens (primary N) is 3. The van der Waals surface area contributed by atoms with Gasteiger partial charge in [0.25, 0.3) is 0 Å². The molecule has 0 saturated carbocycles. The molecule has 2 aromatic rings. The molecule has 0 radical (unpaired) electrons. The molecule has 0 bridgehead atoms. The molecule has 26 N–H and O–H groups in total. The van der Waals surface area contributed by atoms with E-state index in [0.29, 0.717) is 17.7 Å². The van der Waals surface area contributed by atoms with Gasteiger partial charge in [-0.15, -0.1) is 0 Å². The lowest BCUT2D eigenvalue weighted by atomic mass is 9.94. The van der Waals surface area contributed by atoms with E-state index in [-0.39, 0.29) is 88.5 Å². The molecular weight excluding hydrogens is 1750 g/mol. The average molecular weight is 1900 g/mol. The molecule has 17 amide bonds. The van der Waals surface area contributed by atoms with Crippen molar-refractivity contribution in [3.8, 4) is 0 Å². The Kier molecular flexibility index (Phi) is 50.8. The Bertz CT molecular complexity index is 4380. The van der Waals surface area contributed by atoms with E-state index in [1.54, 1.807) is 165 Å². The Balaban J connectivity index is 1.98. The standard InChI is InChI=1S/C92H148N22O21/c1-18-51(13)72(112-81(124)59(32-27-39-98-92(95)96)103-87(130)74(53(15)20-3)114-90(133)75(54(16)21-4)111-76(119)55(17)100-78(121)62(35-38-70(117)118)104-86(129)71(50(11)12)110-77(120)57-30-25-26-31-57)88(131)108-65(42-49(9)10)82(125)102-60(33-36-68(93)115)79(122)101-61(34-37-69(94)116)80(123)105-63(40-47(5)6)83(126)106-64(41-48(7)8)84(127)107-66(43-56-28-23-22-24-29-56)85(128)113-73(52(14)19-2)89(132)109-67(91(134)135)44-58-45-97-46-99-58/h22-26,28-31,45-55,57,59-67,71-75H,18-21,27,32-44H2,1-17H3,(H2,93,115)(H2,94,116)(H,97,99)(H,100,121)(H,101,122)(H,102,125)(H,103,130)(H,104,129)(H,105,123)(H,106,126)(H,107,127)(H,108,131)(H,109,132)(H,110,120)(H,111,119)(H,112,124)(H,113,128)(H,114,133)(H,117,118)(H,134,135)(H4,95,96,98)/t51-,52-,53-,54-,55-,59-,60-,61-,62-,63-,64-,65-,66-,67-,71-,72-,73-,74-,75-/m0/s1. The van der Waals surface area contributed by atoms with Gasteiger partial charge < -0.3 is 117 Å². The highest BCUT2D eigenvalue weighted by atomic mass is 16.4. The molecule has 3 rings (SSSR count). The fraction of sp³-hybridized carbons (Fsp3) is 0.641. The second-order valence-corrected chi connectivity index (χ2v) is 36.4. The van der Waals surface area contributed by atoms with E-state index in [4.69, 9.17) is 22.6 Å². The van der Waals surface area contributed by atoms with Crippen LogP contribution in [-0.2, 0) is 104 Å². The molecule has 1 aromatic carbocycles. The summed E-state index contributed by atoms with van der Waals surface area (Å²) in [6.45, 7) is 28.5. The first-order valence-corrected chi connectivity index (χ1v) is 46.5. The van der Waals surface area contributed by atoms with Gasteiger partial charge in [0, 0.05) is 44.8 Å². The first-order chi connectivity index (χ1) is 63.4. The number of benzene rings is 1. The number of hydrogen-bond acceptors (Lipinski definition) is 21. The number of aromatic nitrogens is 2. The summed E-state index contributed by atoms with van der Waals surface area (Å²) in [5.41, 5.74) is 17.7. The molecular formula is C92H148N22O21. The zero-order valence-electron chi connectivity index (χ0n) is 80.8. The third-order valence-corrected chi connectivity index (χ3v) is 23.3. The van der Waals surface area contributed by atoms with Gasteiger partial charge >= 0.3 is 11.9 Å². The van der Waals surface area contributed by atoms with Crippen molar-refractivity contribution in [3.05, 3.63) is 78.4 Å². The molecule has 43 heteroatoms. The summed E-state index contributed by atoms with van der Waals surface area (Å²) in [5, 5.41) is 69.8. The van der Waals surface area contributed by atoms with Gasteiger partial charge in [0.15, 0.2) is 5.96 Å². The number of primary amides is 2. The van der Waals surface area contributed by atoms with E-state index in [9.17, 15) is 101 Å². The van der Waals surface area contributed by atoms with Crippen LogP contribution >= 0.6 is 0 Å². The molecule has 1 heterocycles. The summed E-state index contributed by atoms with van der Waals surface area (Å²) in [6, 6.07) is -13.4. The zero-order chi connectivity index (χ0) is 102. The number of carboxylic acids is 2. The number of allylic oxidation sites excluding steroid dienone is 2. The van der Waals surface area contributed by atoms with Crippen LogP contribution in [0.4, 0.5) is 0 Å². The normalized spacial score (nSPS) is 16.0. The van der Waals surface area contributed by atoms with Crippen molar-refractivity contribution in [2.24, 2.45) is 70.5 Å². The van der Waals surface area contributed by atoms with Crippen LogP contribution in [0, 0.1) is 58.7 Å². The number of carbonyl (C=O) groups excluding carboxylic acids is 17. The number of nitrogens with zero attached hydrogens (tertiary/aromatic N) is 1. The van der Waals surface area contributed by atoms with E-state index < -0.39 is 283 Å². The van der Waals surface area contributed by atoms with Gasteiger partial charge in [0.1, 0.15) is 90.6 Å². The van der Waals surface area contributed by atoms with E-state index >= 15 is 0 Å². The van der Waals surface area contributed by atoms with Crippen molar-refractivity contribution >= 4 is 118 Å². The minimum atomic E-state index is -1.73. The smallest absolute Gasteiger partial charge is 0.326 e. The maximum atomic E-state index is 15.0. The second kappa shape index (κ2) is 59.0. The SMILES string of the molecule is CC[C@H](C)[C@H](NC(=O)[C@H](C)NC(=O)[C@H](CCC(=O)O)NC(=O)[C@@H](NC(=O)C1C=CC=C1)C(C)C)C(=O)N[C@H](C(=O)N[C@@H](CCCNC(=N)N)C(=O)N[C@H](C(=O)N[C@@H](CC(C)C)C(=O)N[C@@H](CCC(N)=O)C(=O)N[C@@H](CCC(N)=O)C(=O)N[C@@H](CC(C)C)C(=O)N[C@@H](CC(C)C)C(=O)N[C@@H](Cc1ccccc1)C(=O)N[C@H](C(=O)N[C@@H](Cc1c[nH]cn1)C(=O)O)[C@@H](C)CC)[C@@H](C)CC)[C@@H](C)CC. The minimum Gasteiger partial charge on any atom is -0.481 e. The molecule has 0 aliphatic heterocycles. The van der Waals surface area contributed by atoms with Crippen molar-refractivity contribution < 1.29 is 101 Å². The van der Waals surface area contributed by atoms with Crippen LogP contribution in [0.2, 0.25) is 0 Å². The molecule has 1 aliphatic rings. The molecule has 0 unspecified atom stereocenters. The van der Waals surface area contributed by atoms with Crippen LogP contribution in [0.3, 0.4) is 0 Å². The lowest BCUT2D eigenvalue weighted by Crippen LogP contribution is -2.62. The van der Waals surface area contributed by atoms with E-state index in [1.807, 2.05) is 0 Å². The highest BCUT2D eigenvalue weighted by Crippen LogP contribution is 2.21. The van der Waals surface area contributed by atoms with Crippen LogP contribution in [-0.4, -0.2) is 236 Å². The van der Waals surface area contributed by atoms with Gasteiger partial charge in [-0.1, -0.05) is 191 Å². The third-order valence-electron chi connectivity index (χ3n) is 23.3. The third kappa shape index (κ3) is 41.6. The quantitative estimate of drug-likeness (QED) is 0.0234. The predicted molar refractivity (Wildman–Crippen MR) is 500 cm³/mol. The van der Waals surface area contributed by atoms with Crippen LogP contribution in [0.25, 0.3) is 0 Å². The van der Waals surface area contributed by atoms with Crippen LogP contribution < -0.4 is 102 Å². The molecule has 135 heavy (non-hydrogen) atoms. The molecule has 1 aliphatic carbocycles. The number of H-pyrrole nitrogens is 1. The van der Waals surface area contributed by atoms with Gasteiger partial charge in [0.05, 0.1) is 17.9 Å². The van der Waals surface area contributed by atoms with E-state index in [1.165, 1.54) is 19.4 Å². The summed E-state index contributed by atoms with van der Waals surface area (Å²) in [6.07, 6.45) is 6.72. The first-order valence-electron chi connectivity index (χ1n) is 46.5. The highest BCUT2D eigenvalue weighted by molar-refractivity contribution is 6.01. The number of carboxylic acid groups (broad SMARTS) is 2. The number of nitrogens with one attached hydrogen (secondary N) is 18. The molecule has 0 spiro atoms. The van der Waals surface area contributed by atoms with Crippen LogP contribution in [0.1, 0.15) is 225 Å². The van der Waals surface area contributed by atoms with Crippen LogP contribution in [0.15, 0.2) is 67.2 Å². The number of carbonyl (C=O) groups is 19. The second-order valence-electron chi connectivity index (χ2n) is 36.4. The van der Waals surface area contributed by atoms with Crippen molar-refractivity contribution in [2.75, 3.05) is 6.54 Å². The monoisotopic (exact) mass is 1900 g/mol. The molecule has 43 nitrogen and oxygen atoms in total. The van der Waals surface area contributed by atoms with Crippen molar-refractivity contribution in [3.63, 3.8) is 0 Å². The lowest BCUT2D eigenvalue weighted by molar-refractivity contribution is -0.142. The maximum absolute atomic E-state index is 15.0. The fourth-order valence-electron chi connectivity index (χ4n) is 14.4.